The molecule has 2 rings (SSSR count). The third kappa shape index (κ3) is 5.56. The fourth-order valence-electron chi connectivity index (χ4n) is 3.23. The van der Waals surface area contributed by atoms with Crippen molar-refractivity contribution in [2.24, 2.45) is 11.7 Å². The van der Waals surface area contributed by atoms with Crippen LogP contribution in [0.3, 0.4) is 0 Å². The fourth-order valence-corrected chi connectivity index (χ4v) is 5.47. The maximum Gasteiger partial charge on any atom is 0.244 e. The van der Waals surface area contributed by atoms with Crippen LogP contribution in [0.15, 0.2) is 28.0 Å². The van der Waals surface area contributed by atoms with Crippen LogP contribution in [0.1, 0.15) is 32.1 Å². The Morgan fingerprint density at radius 3 is 2.31 bits per heavy atom. The van der Waals surface area contributed by atoms with Gasteiger partial charge in [-0.05, 0) is 37.0 Å². The summed E-state index contributed by atoms with van der Waals surface area (Å²) in [5.41, 5.74) is 5.80. The molecule has 26 heavy (non-hydrogen) atoms. The molecule has 1 fully saturated rings. The maximum absolute atomic E-state index is 12.9. The van der Waals surface area contributed by atoms with E-state index in [1.165, 1.54) is 19.2 Å². The molecule has 1 aliphatic carbocycles. The van der Waals surface area contributed by atoms with E-state index in [1.807, 2.05) is 0 Å². The van der Waals surface area contributed by atoms with Crippen molar-refractivity contribution in [3.05, 3.63) is 18.2 Å². The highest BCUT2D eigenvalue weighted by Gasteiger charge is 2.29. The molecular weight excluding hydrogens is 400 g/mol. The van der Waals surface area contributed by atoms with Gasteiger partial charge in [-0.1, -0.05) is 19.3 Å². The Morgan fingerprint density at radius 1 is 1.19 bits per heavy atom. The van der Waals surface area contributed by atoms with E-state index in [0.29, 0.717) is 0 Å². The van der Waals surface area contributed by atoms with Crippen molar-refractivity contribution in [1.82, 2.24) is 4.72 Å². The summed E-state index contributed by atoms with van der Waals surface area (Å²) in [6.45, 7) is 0.192. The Morgan fingerprint density at radius 2 is 1.81 bits per heavy atom. The average molecular weight is 427 g/mol. The van der Waals surface area contributed by atoms with E-state index < -0.39 is 19.9 Å². The number of benzene rings is 1. The molecule has 0 heterocycles. The minimum Gasteiger partial charge on any atom is -0.495 e. The van der Waals surface area contributed by atoms with Gasteiger partial charge in [-0.3, -0.25) is 0 Å². The van der Waals surface area contributed by atoms with Gasteiger partial charge >= 0.3 is 0 Å². The molecule has 10 heteroatoms. The molecule has 1 aliphatic rings. The molecule has 7 nitrogen and oxygen atoms in total. The van der Waals surface area contributed by atoms with E-state index in [2.05, 4.69) is 4.72 Å². The lowest BCUT2D eigenvalue weighted by Crippen LogP contribution is -2.45. The number of rotatable bonds is 7. The quantitative estimate of drug-likeness (QED) is 0.685. The second-order valence-corrected chi connectivity index (χ2v) is 10.1. The first-order chi connectivity index (χ1) is 11.7. The highest BCUT2D eigenvalue weighted by atomic mass is 35.5. The lowest BCUT2D eigenvalue weighted by molar-refractivity contribution is 0.294. The number of sulfonamides is 1. The van der Waals surface area contributed by atoms with Crippen LogP contribution in [0.25, 0.3) is 0 Å². The molecule has 1 aromatic carbocycles. The van der Waals surface area contributed by atoms with Gasteiger partial charge in [0.25, 0.3) is 0 Å². The van der Waals surface area contributed by atoms with Crippen LogP contribution in [0.5, 0.6) is 5.75 Å². The largest absolute Gasteiger partial charge is 0.495 e. The standard InChI is InChI=1S/C16H26N2O5S2.ClH/c1-23-15-9-8-13(24(2,19)20)10-16(15)25(21,22)18-14(11-17)12-6-4-3-5-7-12;/h8-10,12,14,18H,3-7,11,17H2,1-2H3;1H. The summed E-state index contributed by atoms with van der Waals surface area (Å²) in [6, 6.07) is 3.43. The minimum absolute atomic E-state index is 0. The third-order valence-corrected chi connectivity index (χ3v) is 7.25. The third-order valence-electron chi connectivity index (χ3n) is 4.63. The molecule has 3 N–H and O–H groups in total. The predicted molar refractivity (Wildman–Crippen MR) is 103 cm³/mol. The van der Waals surface area contributed by atoms with Crippen LogP contribution >= 0.6 is 12.4 Å². The average Bonchev–Trinajstić information content (AvgIpc) is 2.59. The molecule has 150 valence electrons. The second-order valence-electron chi connectivity index (χ2n) is 6.45. The van der Waals surface area contributed by atoms with E-state index in [1.54, 1.807) is 0 Å². The van der Waals surface area contributed by atoms with Gasteiger partial charge in [0.05, 0.1) is 12.0 Å². The summed E-state index contributed by atoms with van der Waals surface area (Å²) >= 11 is 0. The van der Waals surface area contributed by atoms with Gasteiger partial charge in [-0.15, -0.1) is 12.4 Å². The number of hydrogen-bond donors (Lipinski definition) is 2. The van der Waals surface area contributed by atoms with Crippen molar-refractivity contribution >= 4 is 32.3 Å². The lowest BCUT2D eigenvalue weighted by Gasteiger charge is -2.30. The second kappa shape index (κ2) is 9.36. The van der Waals surface area contributed by atoms with Crippen LogP contribution < -0.4 is 15.2 Å². The van der Waals surface area contributed by atoms with Crippen LogP contribution in [-0.2, 0) is 19.9 Å². The Kier molecular flexibility index (Phi) is 8.34. The maximum atomic E-state index is 12.9. The van der Waals surface area contributed by atoms with E-state index in [9.17, 15) is 16.8 Å². The van der Waals surface area contributed by atoms with Crippen LogP contribution in [0, 0.1) is 5.92 Å². The van der Waals surface area contributed by atoms with Crippen LogP contribution in [-0.4, -0.2) is 42.8 Å². The van der Waals surface area contributed by atoms with Crippen molar-refractivity contribution in [3.63, 3.8) is 0 Å². The molecule has 1 aromatic rings. The van der Waals surface area contributed by atoms with Crippen molar-refractivity contribution in [2.45, 2.75) is 47.9 Å². The smallest absolute Gasteiger partial charge is 0.244 e. The topological polar surface area (TPSA) is 116 Å². The Bertz CT molecular complexity index is 806. The normalized spacial score (nSPS) is 17.3. The highest BCUT2D eigenvalue weighted by molar-refractivity contribution is 7.91. The Labute approximate surface area is 162 Å². The number of nitrogens with one attached hydrogen (secondary N) is 1. The summed E-state index contributed by atoms with van der Waals surface area (Å²) < 4.78 is 57.0. The number of hydrogen-bond acceptors (Lipinski definition) is 6. The fraction of sp³-hybridized carbons (Fsp3) is 0.625. The zero-order valence-corrected chi connectivity index (χ0v) is 17.4. The Hall–Kier alpha value is -0.870. The molecule has 0 saturated heterocycles. The number of ether oxygens (including phenoxy) is 1. The van der Waals surface area contributed by atoms with Gasteiger partial charge < -0.3 is 10.5 Å². The van der Waals surface area contributed by atoms with Crippen LogP contribution in [0.4, 0.5) is 0 Å². The van der Waals surface area contributed by atoms with E-state index in [0.717, 1.165) is 44.4 Å². The molecule has 0 spiro atoms. The van der Waals surface area contributed by atoms with Gasteiger partial charge in [0, 0.05) is 18.8 Å². The first-order valence-corrected chi connectivity index (χ1v) is 11.7. The van der Waals surface area contributed by atoms with E-state index >= 15 is 0 Å². The van der Waals surface area contributed by atoms with Gasteiger partial charge in [0.2, 0.25) is 10.0 Å². The van der Waals surface area contributed by atoms with Gasteiger partial charge in [-0.25, -0.2) is 21.6 Å². The number of halogens is 1. The molecule has 0 bridgehead atoms. The van der Waals surface area contributed by atoms with Gasteiger partial charge in [0.1, 0.15) is 10.6 Å². The monoisotopic (exact) mass is 426 g/mol. The number of sulfone groups is 1. The lowest BCUT2D eigenvalue weighted by atomic mass is 9.84. The summed E-state index contributed by atoms with van der Waals surface area (Å²) in [5, 5.41) is 0. The minimum atomic E-state index is -3.97. The zero-order chi connectivity index (χ0) is 18.7. The molecular formula is C16H27ClN2O5S2. The van der Waals surface area contributed by atoms with Crippen molar-refractivity contribution in [2.75, 3.05) is 19.9 Å². The van der Waals surface area contributed by atoms with Gasteiger partial charge in [-0.2, -0.15) is 0 Å². The first kappa shape index (κ1) is 23.2. The van der Waals surface area contributed by atoms with E-state index in [4.69, 9.17) is 10.5 Å². The molecule has 0 amide bonds. The summed E-state index contributed by atoms with van der Waals surface area (Å²) in [5.74, 6) is 0.289. The first-order valence-electron chi connectivity index (χ1n) is 8.29. The SMILES string of the molecule is COc1ccc(S(C)(=O)=O)cc1S(=O)(=O)NC(CN)C1CCCCC1.Cl. The molecule has 0 radical (unpaired) electrons. The van der Waals surface area contributed by atoms with Crippen molar-refractivity contribution < 1.29 is 21.6 Å². The molecule has 0 aromatic heterocycles. The summed E-state index contributed by atoms with van der Waals surface area (Å²) in [6.07, 6.45) is 6.19. The predicted octanol–water partition coefficient (Wildman–Crippen LogP) is 1.71. The number of methoxy groups -OCH3 is 1. The molecule has 1 saturated carbocycles. The Balaban J connectivity index is 0.00000338. The zero-order valence-electron chi connectivity index (χ0n) is 15.0. The van der Waals surface area contributed by atoms with Crippen molar-refractivity contribution in [1.29, 1.82) is 0 Å². The molecule has 1 atom stereocenters. The van der Waals surface area contributed by atoms with Crippen LogP contribution in [0.2, 0.25) is 0 Å². The molecule has 0 aliphatic heterocycles. The summed E-state index contributed by atoms with van der Waals surface area (Å²) in [7, 11) is -6.16. The van der Waals surface area contributed by atoms with E-state index in [-0.39, 0.29) is 46.5 Å². The molecule has 1 unspecified atom stereocenters. The highest BCUT2D eigenvalue weighted by Crippen LogP contribution is 2.30. The summed E-state index contributed by atoms with van der Waals surface area (Å²) in [4.78, 5) is -0.261. The van der Waals surface area contributed by atoms with Crippen molar-refractivity contribution in [3.8, 4) is 5.75 Å². The number of nitrogens with two attached hydrogens (primary N) is 1. The van der Waals surface area contributed by atoms with Gasteiger partial charge in [0.15, 0.2) is 9.84 Å².